The van der Waals surface area contributed by atoms with Gasteiger partial charge in [0.2, 0.25) is 17.6 Å². The van der Waals surface area contributed by atoms with Gasteiger partial charge in [-0.1, -0.05) is 12.1 Å². The topological polar surface area (TPSA) is 120 Å². The molecule has 10 heteroatoms. The molecule has 30 heavy (non-hydrogen) atoms. The van der Waals surface area contributed by atoms with Gasteiger partial charge in [-0.05, 0) is 39.8 Å². The molecule has 0 fully saturated rings. The summed E-state index contributed by atoms with van der Waals surface area (Å²) in [5.41, 5.74) is -0.472. The Hall–Kier alpha value is -3.43. The first-order chi connectivity index (χ1) is 14.2. The summed E-state index contributed by atoms with van der Waals surface area (Å²) in [6.07, 6.45) is 0.0565. The molecule has 0 radical (unpaired) electrons. The standard InChI is InChI=1S/C20H26N6O4/c1-12(2)21-16(27)9-10-24-18(29)14-7-5-6-8-15(14)26-19(24)23-25(20(26)30)11-17(28)22-13(3)4/h5-8,12-13H,9-11H2,1-4H3,(H,21,27)(H,22,28). The van der Waals surface area contributed by atoms with Crippen LogP contribution in [0.4, 0.5) is 0 Å². The molecule has 160 valence electrons. The number of rotatable bonds is 7. The number of fused-ring (bicyclic) bond motifs is 3. The highest BCUT2D eigenvalue weighted by Gasteiger charge is 2.19. The van der Waals surface area contributed by atoms with E-state index in [-0.39, 0.29) is 54.7 Å². The highest BCUT2D eigenvalue weighted by molar-refractivity contribution is 5.80. The molecule has 0 aliphatic heterocycles. The van der Waals surface area contributed by atoms with E-state index < -0.39 is 5.69 Å². The minimum atomic E-state index is -0.527. The van der Waals surface area contributed by atoms with Crippen LogP contribution in [0.25, 0.3) is 16.7 Å². The van der Waals surface area contributed by atoms with Crippen molar-refractivity contribution in [3.8, 4) is 0 Å². The Labute approximate surface area is 172 Å². The molecule has 2 heterocycles. The van der Waals surface area contributed by atoms with E-state index >= 15 is 0 Å². The van der Waals surface area contributed by atoms with Crippen LogP contribution in [0, 0.1) is 0 Å². The molecule has 3 rings (SSSR count). The number of para-hydroxylation sites is 1. The third-order valence-corrected chi connectivity index (χ3v) is 4.44. The number of carbonyl (C=O) groups is 2. The number of carbonyl (C=O) groups excluding carboxylic acids is 2. The van der Waals surface area contributed by atoms with Crippen LogP contribution in [0.5, 0.6) is 0 Å². The lowest BCUT2D eigenvalue weighted by molar-refractivity contribution is -0.123. The SMILES string of the molecule is CC(C)NC(=O)CCn1c(=O)c2ccccc2n2c(=O)n(CC(=O)NC(C)C)nc12. The molecule has 2 amide bonds. The minimum Gasteiger partial charge on any atom is -0.354 e. The zero-order valence-electron chi connectivity index (χ0n) is 17.5. The third-order valence-electron chi connectivity index (χ3n) is 4.44. The second kappa shape index (κ2) is 8.52. The second-order valence-electron chi connectivity index (χ2n) is 7.74. The number of nitrogens with one attached hydrogen (secondary N) is 2. The average Bonchev–Trinajstić information content (AvgIpc) is 2.96. The maximum absolute atomic E-state index is 13.1. The van der Waals surface area contributed by atoms with E-state index in [0.717, 1.165) is 4.68 Å². The summed E-state index contributed by atoms with van der Waals surface area (Å²) in [5.74, 6) is -0.468. The van der Waals surface area contributed by atoms with Crippen LogP contribution in [0.15, 0.2) is 33.9 Å². The number of nitrogens with zero attached hydrogens (tertiary/aromatic N) is 4. The van der Waals surface area contributed by atoms with Gasteiger partial charge in [0.1, 0.15) is 6.54 Å². The Morgan fingerprint density at radius 2 is 1.63 bits per heavy atom. The summed E-state index contributed by atoms with van der Waals surface area (Å²) >= 11 is 0. The maximum Gasteiger partial charge on any atom is 0.352 e. The Balaban J connectivity index is 2.12. The minimum absolute atomic E-state index is 0.0212. The molecular formula is C20H26N6O4. The van der Waals surface area contributed by atoms with Crippen molar-refractivity contribution in [1.82, 2.24) is 29.4 Å². The summed E-state index contributed by atoms with van der Waals surface area (Å²) in [6, 6.07) is 6.60. The van der Waals surface area contributed by atoms with Crippen LogP contribution < -0.4 is 21.9 Å². The summed E-state index contributed by atoms with van der Waals surface area (Å²) in [7, 11) is 0. The van der Waals surface area contributed by atoms with Gasteiger partial charge in [0.05, 0.1) is 10.9 Å². The van der Waals surface area contributed by atoms with E-state index in [4.69, 9.17) is 0 Å². The molecule has 1 aromatic carbocycles. The molecule has 2 aromatic heterocycles. The highest BCUT2D eigenvalue weighted by atomic mass is 16.2. The van der Waals surface area contributed by atoms with Crippen molar-refractivity contribution in [3.63, 3.8) is 0 Å². The molecule has 0 unspecified atom stereocenters. The largest absolute Gasteiger partial charge is 0.354 e. The predicted octanol–water partition coefficient (Wildman–Crippen LogP) is 0.250. The van der Waals surface area contributed by atoms with Crippen molar-refractivity contribution in [2.75, 3.05) is 0 Å². The molecule has 0 aliphatic carbocycles. The van der Waals surface area contributed by atoms with Crippen LogP contribution >= 0.6 is 0 Å². The van der Waals surface area contributed by atoms with E-state index in [1.54, 1.807) is 24.3 Å². The van der Waals surface area contributed by atoms with E-state index in [2.05, 4.69) is 15.7 Å². The molecule has 3 aromatic rings. The Morgan fingerprint density at radius 1 is 1.00 bits per heavy atom. The van der Waals surface area contributed by atoms with Gasteiger partial charge in [0.25, 0.3) is 5.56 Å². The van der Waals surface area contributed by atoms with Crippen molar-refractivity contribution in [2.24, 2.45) is 0 Å². The normalized spacial score (nSPS) is 11.5. The van der Waals surface area contributed by atoms with Crippen molar-refractivity contribution in [2.45, 2.75) is 59.3 Å². The number of hydrogen-bond acceptors (Lipinski definition) is 5. The van der Waals surface area contributed by atoms with E-state index in [1.807, 2.05) is 27.7 Å². The lowest BCUT2D eigenvalue weighted by atomic mass is 10.2. The summed E-state index contributed by atoms with van der Waals surface area (Å²) < 4.78 is 3.64. The van der Waals surface area contributed by atoms with Crippen LogP contribution in [0.2, 0.25) is 0 Å². The smallest absolute Gasteiger partial charge is 0.352 e. The molecule has 2 N–H and O–H groups in total. The highest BCUT2D eigenvalue weighted by Crippen LogP contribution is 2.11. The van der Waals surface area contributed by atoms with Crippen molar-refractivity contribution in [3.05, 3.63) is 45.1 Å². The van der Waals surface area contributed by atoms with E-state index in [9.17, 15) is 19.2 Å². The molecule has 0 bridgehead atoms. The molecule has 0 saturated carbocycles. The quantitative estimate of drug-likeness (QED) is 0.574. The predicted molar refractivity (Wildman–Crippen MR) is 112 cm³/mol. The Morgan fingerprint density at radius 3 is 2.30 bits per heavy atom. The lowest BCUT2D eigenvalue weighted by Crippen LogP contribution is -2.36. The lowest BCUT2D eigenvalue weighted by Gasteiger charge is -2.11. The van der Waals surface area contributed by atoms with Crippen LogP contribution in [0.3, 0.4) is 0 Å². The van der Waals surface area contributed by atoms with Gasteiger partial charge in [0.15, 0.2) is 0 Å². The number of hydrogen-bond donors (Lipinski definition) is 2. The molecule has 10 nitrogen and oxygen atoms in total. The van der Waals surface area contributed by atoms with E-state index in [1.165, 1.54) is 8.97 Å². The molecular weight excluding hydrogens is 388 g/mol. The van der Waals surface area contributed by atoms with Crippen LogP contribution in [0.1, 0.15) is 34.1 Å². The first-order valence-corrected chi connectivity index (χ1v) is 9.89. The van der Waals surface area contributed by atoms with Gasteiger partial charge >= 0.3 is 5.69 Å². The average molecular weight is 414 g/mol. The van der Waals surface area contributed by atoms with Gasteiger partial charge in [-0.25, -0.2) is 13.9 Å². The monoisotopic (exact) mass is 414 g/mol. The van der Waals surface area contributed by atoms with Crippen LogP contribution in [-0.2, 0) is 22.7 Å². The summed E-state index contributed by atoms with van der Waals surface area (Å²) in [5, 5.41) is 10.1. The Bertz CT molecular complexity index is 1220. The number of amides is 2. The van der Waals surface area contributed by atoms with Crippen LogP contribution in [-0.4, -0.2) is 42.6 Å². The maximum atomic E-state index is 13.1. The third kappa shape index (κ3) is 4.27. The number of aryl methyl sites for hydroxylation is 1. The summed E-state index contributed by atoms with van der Waals surface area (Å²) in [4.78, 5) is 50.3. The van der Waals surface area contributed by atoms with Gasteiger partial charge < -0.3 is 10.6 Å². The fraction of sp³-hybridized carbons (Fsp3) is 0.450. The Kier molecular flexibility index (Phi) is 6.04. The first kappa shape index (κ1) is 21.3. The summed E-state index contributed by atoms with van der Waals surface area (Å²) in [6.45, 7) is 7.12. The van der Waals surface area contributed by atoms with Gasteiger partial charge in [-0.3, -0.25) is 19.0 Å². The number of aromatic nitrogens is 4. The van der Waals surface area contributed by atoms with Crippen molar-refractivity contribution < 1.29 is 9.59 Å². The first-order valence-electron chi connectivity index (χ1n) is 9.89. The number of benzene rings is 1. The van der Waals surface area contributed by atoms with Crippen molar-refractivity contribution in [1.29, 1.82) is 0 Å². The van der Waals surface area contributed by atoms with Crippen molar-refractivity contribution >= 4 is 28.5 Å². The fourth-order valence-electron chi connectivity index (χ4n) is 3.28. The van der Waals surface area contributed by atoms with Gasteiger partial charge in [-0.15, -0.1) is 5.10 Å². The van der Waals surface area contributed by atoms with Gasteiger partial charge in [-0.2, -0.15) is 0 Å². The van der Waals surface area contributed by atoms with E-state index in [0.29, 0.717) is 10.9 Å². The second-order valence-corrected chi connectivity index (χ2v) is 7.74. The molecule has 0 saturated heterocycles. The molecule has 0 spiro atoms. The zero-order valence-corrected chi connectivity index (χ0v) is 17.5. The zero-order chi connectivity index (χ0) is 22.0. The fourth-order valence-corrected chi connectivity index (χ4v) is 3.28. The molecule has 0 aliphatic rings. The molecule has 0 atom stereocenters. The van der Waals surface area contributed by atoms with Gasteiger partial charge in [0, 0.05) is 25.0 Å².